The quantitative estimate of drug-likeness (QED) is 0.0286. The number of rotatable bonds is 30. The van der Waals surface area contributed by atoms with Crippen molar-refractivity contribution in [1.82, 2.24) is 31.9 Å². The summed E-state index contributed by atoms with van der Waals surface area (Å²) in [6.45, 7) is 37.8. The van der Waals surface area contributed by atoms with Gasteiger partial charge in [0.2, 0.25) is 0 Å². The smallest absolute Gasteiger partial charge is 0.315 e. The van der Waals surface area contributed by atoms with Crippen LogP contribution in [-0.2, 0) is 16.2 Å². The number of ketones is 3. The van der Waals surface area contributed by atoms with Crippen molar-refractivity contribution in [2.45, 2.75) is 293 Å². The predicted octanol–water partition coefficient (Wildman–Crippen LogP) is 16.8. The monoisotopic (exact) mass is 1120 g/mol. The molecule has 6 atom stereocenters. The number of carbonyl (C=O) groups is 6. The zero-order valence-corrected chi connectivity index (χ0v) is 54.1. The average Bonchev–Trinajstić information content (AvgIpc) is 3.37. The minimum atomic E-state index is -0.0986. The van der Waals surface area contributed by atoms with E-state index in [0.29, 0.717) is 19.3 Å². The van der Waals surface area contributed by atoms with Crippen LogP contribution in [-0.4, -0.2) is 71.7 Å². The Kier molecular flexibility index (Phi) is 34.7. The van der Waals surface area contributed by atoms with Gasteiger partial charge in [0, 0.05) is 72.2 Å². The van der Waals surface area contributed by atoms with Gasteiger partial charge in [0.05, 0.1) is 0 Å². The van der Waals surface area contributed by atoms with Crippen molar-refractivity contribution < 1.29 is 28.8 Å². The minimum Gasteiger partial charge on any atom is -0.336 e. The van der Waals surface area contributed by atoms with E-state index in [-0.39, 0.29) is 87.9 Å². The Morgan fingerprint density at radius 2 is 0.704 bits per heavy atom. The normalized spacial score (nSPS) is 13.7. The Morgan fingerprint density at radius 1 is 0.358 bits per heavy atom. The molecule has 12 heteroatoms. The lowest BCUT2D eigenvalue weighted by atomic mass is 9.82. The first-order chi connectivity index (χ1) is 37.9. The fourth-order valence-electron chi connectivity index (χ4n) is 9.53. The molecule has 0 aliphatic heterocycles. The molecule has 0 saturated carbocycles. The summed E-state index contributed by atoms with van der Waals surface area (Å²) in [6, 6.07) is 24.5. The number of hydrogen-bond donors (Lipinski definition) is 6. The lowest BCUT2D eigenvalue weighted by molar-refractivity contribution is 0.0969. The molecule has 3 aromatic rings. The fraction of sp³-hybridized carbons (Fsp3) is 0.652. The number of urea groups is 3. The highest BCUT2D eigenvalue weighted by Crippen LogP contribution is 2.28. The highest BCUT2D eigenvalue weighted by atomic mass is 16.2. The third kappa shape index (κ3) is 32.6. The van der Waals surface area contributed by atoms with E-state index in [1.165, 1.54) is 11.1 Å². The van der Waals surface area contributed by atoms with Crippen LogP contribution in [0.25, 0.3) is 0 Å². The first-order valence-electron chi connectivity index (χ1n) is 31.0. The number of nitrogens with one attached hydrogen (secondary N) is 6. The third-order valence-corrected chi connectivity index (χ3v) is 14.5. The van der Waals surface area contributed by atoms with Crippen molar-refractivity contribution in [2.75, 3.05) is 0 Å². The Labute approximate surface area is 492 Å². The highest BCUT2D eigenvalue weighted by molar-refractivity contribution is 5.98. The van der Waals surface area contributed by atoms with Crippen molar-refractivity contribution >= 4 is 35.4 Å². The zero-order chi connectivity index (χ0) is 61.3. The first-order valence-corrected chi connectivity index (χ1v) is 31.0. The maximum atomic E-state index is 12.6. The summed E-state index contributed by atoms with van der Waals surface area (Å²) in [5.41, 5.74) is 6.10. The van der Waals surface area contributed by atoms with Gasteiger partial charge in [-0.2, -0.15) is 0 Å². The first kappa shape index (κ1) is 73.5. The van der Waals surface area contributed by atoms with Crippen LogP contribution in [0.4, 0.5) is 14.4 Å². The minimum absolute atomic E-state index is 0.0348. The van der Waals surface area contributed by atoms with Crippen LogP contribution in [0.15, 0.2) is 72.8 Å². The summed E-state index contributed by atoms with van der Waals surface area (Å²) >= 11 is 0. The molecule has 456 valence electrons. The molecule has 3 aromatic carbocycles. The van der Waals surface area contributed by atoms with Crippen LogP contribution in [0.3, 0.4) is 0 Å². The van der Waals surface area contributed by atoms with E-state index in [1.807, 2.05) is 90.1 Å². The van der Waals surface area contributed by atoms with Crippen LogP contribution in [0, 0.1) is 0 Å². The zero-order valence-electron chi connectivity index (χ0n) is 54.1. The van der Waals surface area contributed by atoms with Crippen molar-refractivity contribution in [2.24, 2.45) is 0 Å². The van der Waals surface area contributed by atoms with Gasteiger partial charge >= 0.3 is 18.1 Å². The number of benzene rings is 3. The van der Waals surface area contributed by atoms with Crippen LogP contribution < -0.4 is 31.9 Å². The van der Waals surface area contributed by atoms with Gasteiger partial charge in [-0.15, -0.1) is 0 Å². The summed E-state index contributed by atoms with van der Waals surface area (Å²) in [7, 11) is 0. The number of amides is 6. The molecule has 0 bridgehead atoms. The molecular weight excluding hydrogens is 1010 g/mol. The van der Waals surface area contributed by atoms with Crippen molar-refractivity contribution in [1.29, 1.82) is 0 Å². The lowest BCUT2D eigenvalue weighted by Crippen LogP contribution is -2.44. The Hall–Kier alpha value is -5.52. The SMILES string of the molecule is CCCC(C)NC(=O)NC(C)CCCCC(=O)c1ccc(C(C)(C)C)cc1.CCCC(C)NC(=O)NC(C)CCCCC(=O)c1cccc(C(C)(C)C)c1.CCCC(C)NC(=O)NC(C)CCCCC(=O)c1ccccc1C(C)(C)C. The van der Waals surface area contributed by atoms with Gasteiger partial charge in [0.25, 0.3) is 0 Å². The van der Waals surface area contributed by atoms with E-state index in [4.69, 9.17) is 0 Å². The van der Waals surface area contributed by atoms with Gasteiger partial charge in [0.15, 0.2) is 17.3 Å². The van der Waals surface area contributed by atoms with Crippen LogP contribution >= 0.6 is 0 Å². The second kappa shape index (κ2) is 38.3. The van der Waals surface area contributed by atoms with Gasteiger partial charge in [-0.05, 0) is 138 Å². The molecule has 6 amide bonds. The maximum absolute atomic E-state index is 12.6. The standard InChI is InChI=1S/3C23H38N2O2/c1-7-12-17(2)24-22(27)25-18(3)13-8-11-16-21(26)19-14-9-10-15-20(19)23(4,5)6;1-7-11-17(2)24-22(27)25-18(3)12-8-9-15-21(26)19-13-10-14-20(16-19)23(4,5)6;1-7-10-17(2)24-22(27)25-18(3)11-8-9-12-21(26)19-13-15-20(16-14-19)23(4,5)6/h9-10,14-15,17-18H,7-8,11-13,16H2,1-6H3,(H2,24,25,27);10,13-14,16-18H,7-9,11-12,15H2,1-6H3,(H2,24,25,27);13-18H,7-12H2,1-6H3,(H2,24,25,27). The van der Waals surface area contributed by atoms with E-state index < -0.39 is 0 Å². The molecule has 0 aliphatic carbocycles. The summed E-state index contributed by atoms with van der Waals surface area (Å²) in [5, 5.41) is 17.8. The summed E-state index contributed by atoms with van der Waals surface area (Å²) in [4.78, 5) is 73.1. The summed E-state index contributed by atoms with van der Waals surface area (Å²) in [5.74, 6) is 0.613. The molecule has 0 spiro atoms. The van der Waals surface area contributed by atoms with Crippen LogP contribution in [0.2, 0.25) is 0 Å². The fourth-order valence-corrected chi connectivity index (χ4v) is 9.53. The van der Waals surface area contributed by atoms with Crippen LogP contribution in [0.1, 0.15) is 288 Å². The van der Waals surface area contributed by atoms with Crippen molar-refractivity contribution in [3.63, 3.8) is 0 Å². The molecule has 0 aromatic heterocycles. The molecule has 0 aliphatic rings. The van der Waals surface area contributed by atoms with Crippen LogP contribution in [0.5, 0.6) is 0 Å². The average molecular weight is 1120 g/mol. The Balaban J connectivity index is 0.000000607. The molecule has 0 heterocycles. The number of Topliss-reactive ketones (excluding diaryl/α,β-unsaturated/α-hetero) is 3. The molecular formula is C69H114N6O6. The lowest BCUT2D eigenvalue weighted by Gasteiger charge is -2.22. The molecule has 0 fully saturated rings. The molecule has 81 heavy (non-hydrogen) atoms. The Bertz CT molecular complexity index is 2310. The number of carbonyl (C=O) groups excluding carboxylic acids is 6. The second-order valence-electron chi connectivity index (χ2n) is 26.1. The van der Waals surface area contributed by atoms with Gasteiger partial charge in [-0.1, -0.05) is 188 Å². The second-order valence-corrected chi connectivity index (χ2v) is 26.1. The van der Waals surface area contributed by atoms with Gasteiger partial charge < -0.3 is 31.9 Å². The third-order valence-electron chi connectivity index (χ3n) is 14.5. The van der Waals surface area contributed by atoms with Gasteiger partial charge in [0.1, 0.15) is 0 Å². The largest absolute Gasteiger partial charge is 0.336 e. The highest BCUT2D eigenvalue weighted by Gasteiger charge is 2.22. The number of unbranched alkanes of at least 4 members (excludes halogenated alkanes) is 3. The van der Waals surface area contributed by atoms with E-state index >= 15 is 0 Å². The van der Waals surface area contributed by atoms with Crippen molar-refractivity contribution in [3.05, 3.63) is 106 Å². The van der Waals surface area contributed by atoms with E-state index in [9.17, 15) is 28.8 Å². The predicted molar refractivity (Wildman–Crippen MR) is 340 cm³/mol. The maximum Gasteiger partial charge on any atom is 0.315 e. The number of hydrogen-bond acceptors (Lipinski definition) is 6. The molecule has 12 nitrogen and oxygen atoms in total. The molecule has 0 saturated heterocycles. The summed E-state index contributed by atoms with van der Waals surface area (Å²) in [6.07, 6.45) is 15.8. The topological polar surface area (TPSA) is 175 Å². The molecule has 6 unspecified atom stereocenters. The van der Waals surface area contributed by atoms with Gasteiger partial charge in [-0.3, -0.25) is 14.4 Å². The molecule has 6 N–H and O–H groups in total. The van der Waals surface area contributed by atoms with Crippen molar-refractivity contribution in [3.8, 4) is 0 Å². The van der Waals surface area contributed by atoms with Gasteiger partial charge in [-0.25, -0.2) is 14.4 Å². The summed E-state index contributed by atoms with van der Waals surface area (Å²) < 4.78 is 0. The Morgan fingerprint density at radius 3 is 1.06 bits per heavy atom. The molecule has 0 radical (unpaired) electrons. The molecule has 3 rings (SSSR count). The van der Waals surface area contributed by atoms with E-state index in [1.54, 1.807) is 0 Å². The van der Waals surface area contributed by atoms with E-state index in [2.05, 4.69) is 139 Å². The van der Waals surface area contributed by atoms with E-state index in [0.717, 1.165) is 119 Å².